The molecular weight excluding hydrogens is 226 g/mol. The second-order valence-electron chi connectivity index (χ2n) is 4.31. The molecule has 0 aromatic rings. The monoisotopic (exact) mass is 243 g/mol. The molecule has 4 nitrogen and oxygen atoms in total. The first kappa shape index (κ1) is 13.2. The van der Waals surface area contributed by atoms with E-state index < -0.39 is 15.3 Å². The summed E-state index contributed by atoms with van der Waals surface area (Å²) in [5.74, 6) is -0.0570. The minimum absolute atomic E-state index is 0.0528. The highest BCUT2D eigenvalue weighted by Gasteiger charge is 2.40. The number of nitriles is 1. The summed E-state index contributed by atoms with van der Waals surface area (Å²) in [7, 11) is -3.09. The summed E-state index contributed by atoms with van der Waals surface area (Å²) in [6.07, 6.45) is 2.76. The zero-order chi connectivity index (χ0) is 12.2. The normalized spacial score (nSPS) is 26.4. The number of nitrogens with zero attached hydrogens (tertiary/aromatic N) is 1. The number of Topliss-reactive ketones (excluding diaryl/α,β-unsaturated/α-hetero) is 1. The Balaban J connectivity index is 2.75. The third kappa shape index (κ3) is 2.82. The van der Waals surface area contributed by atoms with Gasteiger partial charge in [-0.2, -0.15) is 5.26 Å². The van der Waals surface area contributed by atoms with Crippen molar-refractivity contribution >= 4 is 15.6 Å². The fourth-order valence-electron chi connectivity index (χ4n) is 2.00. The molecule has 1 unspecified atom stereocenters. The van der Waals surface area contributed by atoms with Gasteiger partial charge in [0.25, 0.3) is 0 Å². The number of ketones is 1. The van der Waals surface area contributed by atoms with Crippen LogP contribution in [0.15, 0.2) is 0 Å². The molecule has 0 spiro atoms. The van der Waals surface area contributed by atoms with Crippen LogP contribution in [0.25, 0.3) is 0 Å². The van der Waals surface area contributed by atoms with E-state index in [1.165, 1.54) is 0 Å². The number of carbonyl (C=O) groups excluding carboxylic acids is 1. The average molecular weight is 243 g/mol. The summed E-state index contributed by atoms with van der Waals surface area (Å²) < 4.78 is 22.8. The molecule has 1 rings (SSSR count). The van der Waals surface area contributed by atoms with Gasteiger partial charge in [-0.3, -0.25) is 4.79 Å². The van der Waals surface area contributed by atoms with Gasteiger partial charge in [-0.15, -0.1) is 0 Å². The lowest BCUT2D eigenvalue weighted by Gasteiger charge is -2.28. The van der Waals surface area contributed by atoms with Gasteiger partial charge in [-0.05, 0) is 19.3 Å². The SMILES string of the molecule is CCS(=O)(=O)CCC1(C#N)CCCCC1=O. The zero-order valence-corrected chi connectivity index (χ0v) is 10.3. The van der Waals surface area contributed by atoms with Crippen LogP contribution >= 0.6 is 0 Å². The van der Waals surface area contributed by atoms with E-state index in [9.17, 15) is 13.2 Å². The Hall–Kier alpha value is -0.890. The van der Waals surface area contributed by atoms with Crippen molar-refractivity contribution in [1.29, 1.82) is 5.26 Å². The van der Waals surface area contributed by atoms with Gasteiger partial charge in [0.05, 0.1) is 11.8 Å². The van der Waals surface area contributed by atoms with Crippen LogP contribution in [0.2, 0.25) is 0 Å². The molecule has 0 bridgehead atoms. The van der Waals surface area contributed by atoms with Gasteiger partial charge in [0.15, 0.2) is 5.78 Å². The quantitative estimate of drug-likeness (QED) is 0.749. The largest absolute Gasteiger partial charge is 0.298 e. The van der Waals surface area contributed by atoms with E-state index in [2.05, 4.69) is 0 Å². The highest BCUT2D eigenvalue weighted by Crippen LogP contribution is 2.36. The Morgan fingerprint density at radius 3 is 2.62 bits per heavy atom. The lowest BCUT2D eigenvalue weighted by atomic mass is 9.72. The number of sulfone groups is 1. The minimum Gasteiger partial charge on any atom is -0.298 e. The van der Waals surface area contributed by atoms with Gasteiger partial charge < -0.3 is 0 Å². The molecule has 0 N–H and O–H groups in total. The van der Waals surface area contributed by atoms with E-state index in [1.54, 1.807) is 6.92 Å². The Bertz CT molecular complexity index is 407. The predicted molar refractivity (Wildman–Crippen MR) is 60.5 cm³/mol. The topological polar surface area (TPSA) is 75.0 Å². The number of rotatable bonds is 4. The summed E-state index contributed by atoms with van der Waals surface area (Å²) in [6, 6.07) is 2.05. The van der Waals surface area contributed by atoms with Gasteiger partial charge >= 0.3 is 0 Å². The maximum Gasteiger partial charge on any atom is 0.153 e. The van der Waals surface area contributed by atoms with Crippen molar-refractivity contribution in [3.8, 4) is 6.07 Å². The van der Waals surface area contributed by atoms with Crippen LogP contribution in [0.4, 0.5) is 0 Å². The zero-order valence-electron chi connectivity index (χ0n) is 9.53. The van der Waals surface area contributed by atoms with E-state index in [1.807, 2.05) is 6.07 Å². The molecule has 0 radical (unpaired) electrons. The molecule has 1 atom stereocenters. The van der Waals surface area contributed by atoms with Crippen LogP contribution in [0.3, 0.4) is 0 Å². The predicted octanol–water partition coefficient (Wildman–Crippen LogP) is 1.46. The first-order valence-corrected chi connectivity index (χ1v) is 7.43. The van der Waals surface area contributed by atoms with Crippen molar-refractivity contribution < 1.29 is 13.2 Å². The fourth-order valence-corrected chi connectivity index (χ4v) is 2.95. The molecule has 0 saturated heterocycles. The van der Waals surface area contributed by atoms with Crippen LogP contribution in [0, 0.1) is 16.7 Å². The number of hydrogen-bond acceptors (Lipinski definition) is 4. The molecule has 1 aliphatic carbocycles. The molecule has 90 valence electrons. The molecular formula is C11H17NO3S. The Kier molecular flexibility index (Phi) is 4.09. The third-order valence-electron chi connectivity index (χ3n) is 3.28. The van der Waals surface area contributed by atoms with Crippen molar-refractivity contribution in [2.24, 2.45) is 5.41 Å². The van der Waals surface area contributed by atoms with Gasteiger partial charge in [0.2, 0.25) is 0 Å². The third-order valence-corrected chi connectivity index (χ3v) is 4.99. The standard InChI is InChI=1S/C11H17NO3S/c1-2-16(14,15)8-7-11(9-12)6-4-3-5-10(11)13/h2-8H2,1H3. The Labute approximate surface area is 96.6 Å². The number of carbonyl (C=O) groups is 1. The lowest BCUT2D eigenvalue weighted by molar-refractivity contribution is -0.128. The molecule has 0 amide bonds. The lowest BCUT2D eigenvalue weighted by Crippen LogP contribution is -2.34. The van der Waals surface area contributed by atoms with E-state index in [-0.39, 0.29) is 23.7 Å². The Morgan fingerprint density at radius 2 is 2.12 bits per heavy atom. The molecule has 0 aromatic heterocycles. The number of hydrogen-bond donors (Lipinski definition) is 0. The summed E-state index contributed by atoms with van der Waals surface area (Å²) >= 11 is 0. The molecule has 5 heteroatoms. The molecule has 1 saturated carbocycles. The minimum atomic E-state index is -3.09. The summed E-state index contributed by atoms with van der Waals surface area (Å²) in [5, 5.41) is 9.12. The molecule has 1 fully saturated rings. The highest BCUT2D eigenvalue weighted by atomic mass is 32.2. The smallest absolute Gasteiger partial charge is 0.153 e. The van der Waals surface area contributed by atoms with Gasteiger partial charge in [0, 0.05) is 12.2 Å². The van der Waals surface area contributed by atoms with Crippen LogP contribution in [-0.2, 0) is 14.6 Å². The summed E-state index contributed by atoms with van der Waals surface area (Å²) in [6.45, 7) is 1.58. The molecule has 0 heterocycles. The van der Waals surface area contributed by atoms with E-state index >= 15 is 0 Å². The molecule has 1 aliphatic rings. The van der Waals surface area contributed by atoms with Crippen LogP contribution in [0.5, 0.6) is 0 Å². The van der Waals surface area contributed by atoms with Crippen molar-refractivity contribution in [3.05, 3.63) is 0 Å². The maximum absolute atomic E-state index is 11.7. The van der Waals surface area contributed by atoms with Crippen LogP contribution in [-0.4, -0.2) is 25.7 Å². The second-order valence-corrected chi connectivity index (χ2v) is 6.78. The van der Waals surface area contributed by atoms with E-state index in [0.717, 1.165) is 12.8 Å². The van der Waals surface area contributed by atoms with Crippen LogP contribution < -0.4 is 0 Å². The van der Waals surface area contributed by atoms with Crippen molar-refractivity contribution in [1.82, 2.24) is 0 Å². The van der Waals surface area contributed by atoms with Crippen molar-refractivity contribution in [2.45, 2.75) is 39.0 Å². The first-order chi connectivity index (χ1) is 7.46. The molecule has 0 aromatic carbocycles. The average Bonchev–Trinajstić information content (AvgIpc) is 2.29. The van der Waals surface area contributed by atoms with Gasteiger partial charge in [-0.1, -0.05) is 13.3 Å². The van der Waals surface area contributed by atoms with Crippen molar-refractivity contribution in [3.63, 3.8) is 0 Å². The highest BCUT2D eigenvalue weighted by molar-refractivity contribution is 7.91. The maximum atomic E-state index is 11.7. The van der Waals surface area contributed by atoms with Gasteiger partial charge in [0.1, 0.15) is 15.3 Å². The molecule has 16 heavy (non-hydrogen) atoms. The van der Waals surface area contributed by atoms with Crippen molar-refractivity contribution in [2.75, 3.05) is 11.5 Å². The van der Waals surface area contributed by atoms with E-state index in [0.29, 0.717) is 12.8 Å². The van der Waals surface area contributed by atoms with Crippen LogP contribution in [0.1, 0.15) is 39.0 Å². The second kappa shape index (κ2) is 4.96. The van der Waals surface area contributed by atoms with E-state index in [4.69, 9.17) is 5.26 Å². The summed E-state index contributed by atoms with van der Waals surface area (Å²) in [4.78, 5) is 11.7. The first-order valence-electron chi connectivity index (χ1n) is 5.61. The summed E-state index contributed by atoms with van der Waals surface area (Å²) in [5.41, 5.74) is -1.03. The molecule has 0 aliphatic heterocycles. The Morgan fingerprint density at radius 1 is 1.44 bits per heavy atom. The van der Waals surface area contributed by atoms with Gasteiger partial charge in [-0.25, -0.2) is 8.42 Å². The fraction of sp³-hybridized carbons (Fsp3) is 0.818.